The van der Waals surface area contributed by atoms with E-state index in [-0.39, 0.29) is 10.8 Å². The summed E-state index contributed by atoms with van der Waals surface area (Å²) < 4.78 is 2.33. The van der Waals surface area contributed by atoms with Crippen LogP contribution in [0.3, 0.4) is 0 Å². The number of benzene rings is 5. The van der Waals surface area contributed by atoms with Crippen LogP contribution in [0.2, 0.25) is 0 Å². The van der Waals surface area contributed by atoms with Gasteiger partial charge in [-0.1, -0.05) is 101 Å². The number of para-hydroxylation sites is 4. The first kappa shape index (κ1) is 30.0. The van der Waals surface area contributed by atoms with E-state index < -0.39 is 0 Å². The molecule has 2 aromatic heterocycles. The van der Waals surface area contributed by atoms with E-state index in [9.17, 15) is 0 Å². The number of anilines is 4. The van der Waals surface area contributed by atoms with Gasteiger partial charge in [0.1, 0.15) is 12.5 Å². The SMILES string of the molecule is Cc1ccnc(-n2c3ccccc3c3ccc(C(C)(C)c4cc(N5CN(c6ccccc6)c6ccccc65)cc(C(C)(C)C)c4)cc32)c1. The van der Waals surface area contributed by atoms with Gasteiger partial charge >= 0.3 is 0 Å². The number of nitrogens with zero attached hydrogens (tertiary/aromatic N) is 4. The molecular formula is C44H42N4. The first-order valence-electron chi connectivity index (χ1n) is 16.9. The largest absolute Gasteiger partial charge is 0.321 e. The number of rotatable bonds is 5. The van der Waals surface area contributed by atoms with Crippen molar-refractivity contribution in [3.63, 3.8) is 0 Å². The van der Waals surface area contributed by atoms with Crippen LogP contribution < -0.4 is 9.80 Å². The maximum Gasteiger partial charge on any atom is 0.137 e. The molecule has 0 atom stereocenters. The standard InChI is InChI=1S/C44H42N4/c1-30-22-23-45-42(24-30)48-38-17-11-10-16-36(38)37-21-20-31(28-41(37)48)44(5,6)33-25-32(43(2,3)4)26-35(27-33)47-29-46(34-14-8-7-9-15-34)39-18-12-13-19-40(39)47/h7-28H,29H2,1-6H3. The molecule has 0 radical (unpaired) electrons. The Hall–Kier alpha value is -5.35. The zero-order chi connectivity index (χ0) is 33.2. The number of hydrogen-bond donors (Lipinski definition) is 0. The van der Waals surface area contributed by atoms with Crippen LogP contribution in [0.25, 0.3) is 27.6 Å². The monoisotopic (exact) mass is 626 g/mol. The van der Waals surface area contributed by atoms with Crippen molar-refractivity contribution in [1.82, 2.24) is 9.55 Å². The molecule has 1 aliphatic heterocycles. The molecule has 5 aromatic carbocycles. The van der Waals surface area contributed by atoms with Crippen LogP contribution in [-0.2, 0) is 10.8 Å². The molecule has 0 bridgehead atoms. The van der Waals surface area contributed by atoms with Crippen LogP contribution >= 0.6 is 0 Å². The van der Waals surface area contributed by atoms with Gasteiger partial charge in [0, 0.05) is 33.8 Å². The van der Waals surface area contributed by atoms with Crippen LogP contribution in [0.5, 0.6) is 0 Å². The summed E-state index contributed by atoms with van der Waals surface area (Å²) in [6.45, 7) is 14.6. The van der Waals surface area contributed by atoms with E-state index in [0.29, 0.717) is 0 Å². The Morgan fingerprint density at radius 3 is 1.92 bits per heavy atom. The summed E-state index contributed by atoms with van der Waals surface area (Å²) in [5.41, 5.74) is 12.0. The Morgan fingerprint density at radius 1 is 0.542 bits per heavy atom. The highest BCUT2D eigenvalue weighted by Crippen LogP contribution is 2.46. The smallest absolute Gasteiger partial charge is 0.137 e. The van der Waals surface area contributed by atoms with E-state index in [0.717, 1.165) is 12.5 Å². The first-order chi connectivity index (χ1) is 23.1. The van der Waals surface area contributed by atoms with Gasteiger partial charge < -0.3 is 9.80 Å². The second kappa shape index (κ2) is 11.1. The average Bonchev–Trinajstić information content (AvgIpc) is 3.64. The summed E-state index contributed by atoms with van der Waals surface area (Å²) in [5, 5.41) is 2.49. The molecule has 0 unspecified atom stereocenters. The van der Waals surface area contributed by atoms with Crippen LogP contribution in [0.1, 0.15) is 56.9 Å². The Bertz CT molecular complexity index is 2310. The number of aryl methyl sites for hydroxylation is 1. The van der Waals surface area contributed by atoms with E-state index >= 15 is 0 Å². The Labute approximate surface area is 283 Å². The lowest BCUT2D eigenvalue weighted by atomic mass is 9.75. The summed E-state index contributed by atoms with van der Waals surface area (Å²) >= 11 is 0. The van der Waals surface area contributed by atoms with Gasteiger partial charge in [0.05, 0.1) is 22.4 Å². The van der Waals surface area contributed by atoms with Gasteiger partial charge in [0.2, 0.25) is 0 Å². The topological polar surface area (TPSA) is 24.3 Å². The fraction of sp³-hybridized carbons (Fsp3) is 0.205. The highest BCUT2D eigenvalue weighted by Gasteiger charge is 2.32. The lowest BCUT2D eigenvalue weighted by molar-refractivity contribution is 0.582. The molecule has 1 aliphatic rings. The normalized spacial score (nSPS) is 13.5. The number of aromatic nitrogens is 2. The zero-order valence-corrected chi connectivity index (χ0v) is 28.7. The molecule has 4 nitrogen and oxygen atoms in total. The van der Waals surface area contributed by atoms with E-state index in [4.69, 9.17) is 4.98 Å². The molecule has 0 amide bonds. The van der Waals surface area contributed by atoms with Crippen molar-refractivity contribution in [3.05, 3.63) is 156 Å². The summed E-state index contributed by atoms with van der Waals surface area (Å²) in [6, 6.07) is 46.7. The third-order valence-corrected chi connectivity index (χ3v) is 10.2. The third kappa shape index (κ3) is 4.95. The minimum Gasteiger partial charge on any atom is -0.321 e. The molecule has 0 saturated heterocycles. The average molecular weight is 627 g/mol. The molecule has 3 heterocycles. The fourth-order valence-corrected chi connectivity index (χ4v) is 7.24. The van der Waals surface area contributed by atoms with Gasteiger partial charge in [-0.25, -0.2) is 4.98 Å². The second-order valence-corrected chi connectivity index (χ2v) is 14.7. The van der Waals surface area contributed by atoms with Gasteiger partial charge in [-0.05, 0) is 95.3 Å². The fourth-order valence-electron chi connectivity index (χ4n) is 7.24. The maximum atomic E-state index is 4.83. The quantitative estimate of drug-likeness (QED) is 0.190. The molecule has 0 spiro atoms. The Kier molecular flexibility index (Phi) is 6.96. The van der Waals surface area contributed by atoms with E-state index in [1.165, 1.54) is 66.8 Å². The molecule has 0 aliphatic carbocycles. The third-order valence-electron chi connectivity index (χ3n) is 10.2. The lowest BCUT2D eigenvalue weighted by Gasteiger charge is -2.32. The van der Waals surface area contributed by atoms with Crippen molar-refractivity contribution < 1.29 is 0 Å². The molecule has 0 fully saturated rings. The molecular weight excluding hydrogens is 585 g/mol. The maximum absolute atomic E-state index is 4.83. The molecule has 7 aromatic rings. The summed E-state index contributed by atoms with van der Waals surface area (Å²) in [4.78, 5) is 9.71. The second-order valence-electron chi connectivity index (χ2n) is 14.7. The number of hydrogen-bond acceptors (Lipinski definition) is 3. The van der Waals surface area contributed by atoms with Gasteiger partial charge in [-0.2, -0.15) is 0 Å². The molecule has 0 N–H and O–H groups in total. The number of fused-ring (bicyclic) bond motifs is 4. The molecule has 8 rings (SSSR count). The van der Waals surface area contributed by atoms with Crippen molar-refractivity contribution in [1.29, 1.82) is 0 Å². The van der Waals surface area contributed by atoms with E-state index in [2.05, 4.69) is 183 Å². The highest BCUT2D eigenvalue weighted by atomic mass is 15.4. The van der Waals surface area contributed by atoms with Crippen LogP contribution in [0.4, 0.5) is 22.7 Å². The minimum absolute atomic E-state index is 0.0214. The predicted octanol–water partition coefficient (Wildman–Crippen LogP) is 11.4. The summed E-state index contributed by atoms with van der Waals surface area (Å²) in [7, 11) is 0. The van der Waals surface area contributed by atoms with E-state index in [1.54, 1.807) is 0 Å². The molecule has 238 valence electrons. The summed E-state index contributed by atoms with van der Waals surface area (Å²) in [6.07, 6.45) is 1.91. The number of pyridine rings is 1. The summed E-state index contributed by atoms with van der Waals surface area (Å²) in [5.74, 6) is 0.948. The predicted molar refractivity (Wildman–Crippen MR) is 203 cm³/mol. The Morgan fingerprint density at radius 2 is 1.19 bits per heavy atom. The zero-order valence-electron chi connectivity index (χ0n) is 28.7. The lowest BCUT2D eigenvalue weighted by Crippen LogP contribution is -2.26. The van der Waals surface area contributed by atoms with Crippen molar-refractivity contribution in [2.75, 3.05) is 16.5 Å². The molecule has 4 heteroatoms. The van der Waals surface area contributed by atoms with Crippen molar-refractivity contribution in [2.24, 2.45) is 0 Å². The minimum atomic E-state index is -0.274. The van der Waals surface area contributed by atoms with Crippen LogP contribution in [0, 0.1) is 6.92 Å². The van der Waals surface area contributed by atoms with Gasteiger partial charge in [0.15, 0.2) is 0 Å². The molecule has 0 saturated carbocycles. The first-order valence-corrected chi connectivity index (χ1v) is 16.9. The van der Waals surface area contributed by atoms with Crippen molar-refractivity contribution >= 4 is 44.6 Å². The Balaban J connectivity index is 1.29. The van der Waals surface area contributed by atoms with Gasteiger partial charge in [-0.15, -0.1) is 0 Å². The van der Waals surface area contributed by atoms with Crippen LogP contribution in [-0.4, -0.2) is 16.2 Å². The van der Waals surface area contributed by atoms with Gasteiger partial charge in [-0.3, -0.25) is 4.57 Å². The molecule has 48 heavy (non-hydrogen) atoms. The van der Waals surface area contributed by atoms with Crippen LogP contribution in [0.15, 0.2) is 134 Å². The van der Waals surface area contributed by atoms with E-state index in [1.807, 2.05) is 6.20 Å². The van der Waals surface area contributed by atoms with Gasteiger partial charge in [0.25, 0.3) is 0 Å². The highest BCUT2D eigenvalue weighted by molar-refractivity contribution is 6.09. The van der Waals surface area contributed by atoms with Crippen molar-refractivity contribution in [2.45, 2.75) is 52.4 Å². The van der Waals surface area contributed by atoms with Crippen molar-refractivity contribution in [3.8, 4) is 5.82 Å².